The third-order valence-electron chi connectivity index (χ3n) is 4.26. The quantitative estimate of drug-likeness (QED) is 0.681. The lowest BCUT2D eigenvalue weighted by Crippen LogP contribution is -2.40. The van der Waals surface area contributed by atoms with E-state index in [0.29, 0.717) is 31.6 Å². The van der Waals surface area contributed by atoms with E-state index >= 15 is 0 Å². The number of benzene rings is 1. The van der Waals surface area contributed by atoms with E-state index in [1.54, 1.807) is 0 Å². The van der Waals surface area contributed by atoms with E-state index in [0.717, 1.165) is 6.54 Å². The van der Waals surface area contributed by atoms with Crippen molar-refractivity contribution in [3.05, 3.63) is 35.4 Å². The summed E-state index contributed by atoms with van der Waals surface area (Å²) in [6, 6.07) is 9.21. The van der Waals surface area contributed by atoms with Gasteiger partial charge in [-0.15, -0.1) is 0 Å². The van der Waals surface area contributed by atoms with Gasteiger partial charge in [-0.2, -0.15) is 0 Å². The molecule has 0 saturated heterocycles. The number of hydrogen-bond acceptors (Lipinski definition) is 3. The Morgan fingerprint density at radius 3 is 2.29 bits per heavy atom. The molecule has 2 rings (SSSR count). The molecule has 0 spiro atoms. The van der Waals surface area contributed by atoms with Crippen molar-refractivity contribution in [2.24, 2.45) is 0 Å². The lowest BCUT2D eigenvalue weighted by Gasteiger charge is -2.22. The van der Waals surface area contributed by atoms with Crippen LogP contribution in [0.3, 0.4) is 0 Å². The van der Waals surface area contributed by atoms with Crippen molar-refractivity contribution < 1.29 is 9.59 Å². The highest BCUT2D eigenvalue weighted by molar-refractivity contribution is 5.78. The summed E-state index contributed by atoms with van der Waals surface area (Å²) in [6.07, 6.45) is 2.34. The van der Waals surface area contributed by atoms with Gasteiger partial charge in [0.1, 0.15) is 0 Å². The minimum atomic E-state index is -0.0753. The number of rotatable bonds is 9. The van der Waals surface area contributed by atoms with Crippen LogP contribution in [0.15, 0.2) is 24.3 Å². The largest absolute Gasteiger partial charge is 0.355 e. The molecule has 2 amide bonds. The molecule has 0 radical (unpaired) electrons. The molecule has 1 saturated carbocycles. The maximum Gasteiger partial charge on any atom is 0.234 e. The highest BCUT2D eigenvalue weighted by Crippen LogP contribution is 2.28. The van der Waals surface area contributed by atoms with Crippen LogP contribution in [0.1, 0.15) is 50.7 Å². The highest BCUT2D eigenvalue weighted by atomic mass is 16.2. The Morgan fingerprint density at radius 2 is 1.75 bits per heavy atom. The van der Waals surface area contributed by atoms with Crippen molar-refractivity contribution in [3.8, 4) is 0 Å². The SMILES string of the molecule is CC(=O)NCCNC(=O)CN(Cc1ccc(C(C)C)cc1)C1CC1. The van der Waals surface area contributed by atoms with Gasteiger partial charge in [0.15, 0.2) is 0 Å². The van der Waals surface area contributed by atoms with Gasteiger partial charge in [0.05, 0.1) is 6.54 Å². The molecule has 5 nitrogen and oxygen atoms in total. The first-order valence-corrected chi connectivity index (χ1v) is 8.79. The summed E-state index contributed by atoms with van der Waals surface area (Å²) in [4.78, 5) is 25.1. The molecule has 1 aliphatic carbocycles. The van der Waals surface area contributed by atoms with Crippen molar-refractivity contribution in [2.75, 3.05) is 19.6 Å². The summed E-state index contributed by atoms with van der Waals surface area (Å²) in [5.74, 6) is 0.479. The normalized spacial score (nSPS) is 14.0. The van der Waals surface area contributed by atoms with Crippen LogP contribution in [0.4, 0.5) is 0 Å². The Bertz CT molecular complexity index is 550. The molecule has 0 aromatic heterocycles. The van der Waals surface area contributed by atoms with Crippen LogP contribution >= 0.6 is 0 Å². The van der Waals surface area contributed by atoms with E-state index in [2.05, 4.69) is 53.6 Å². The molecule has 1 fully saturated rings. The molecule has 0 atom stereocenters. The van der Waals surface area contributed by atoms with Crippen molar-refractivity contribution >= 4 is 11.8 Å². The van der Waals surface area contributed by atoms with Gasteiger partial charge in [-0.05, 0) is 29.9 Å². The predicted octanol–water partition coefficient (Wildman–Crippen LogP) is 2.03. The van der Waals surface area contributed by atoms with Crippen LogP contribution in [0.5, 0.6) is 0 Å². The van der Waals surface area contributed by atoms with E-state index in [1.807, 2.05) is 0 Å². The molecule has 0 aliphatic heterocycles. The molecule has 1 aromatic carbocycles. The van der Waals surface area contributed by atoms with Gasteiger partial charge in [0.25, 0.3) is 0 Å². The van der Waals surface area contributed by atoms with Crippen LogP contribution in [-0.2, 0) is 16.1 Å². The first-order chi connectivity index (χ1) is 11.5. The minimum absolute atomic E-state index is 0.0195. The summed E-state index contributed by atoms with van der Waals surface area (Å²) >= 11 is 0. The lowest BCUT2D eigenvalue weighted by atomic mass is 10.0. The Kier molecular flexibility index (Phi) is 6.79. The van der Waals surface area contributed by atoms with Crippen molar-refractivity contribution in [2.45, 2.75) is 52.1 Å². The topological polar surface area (TPSA) is 61.4 Å². The monoisotopic (exact) mass is 331 g/mol. The van der Waals surface area contributed by atoms with Gasteiger partial charge in [0.2, 0.25) is 11.8 Å². The summed E-state index contributed by atoms with van der Waals surface area (Å²) in [5, 5.41) is 5.54. The fraction of sp³-hybridized carbons (Fsp3) is 0.579. The van der Waals surface area contributed by atoms with Gasteiger partial charge in [0, 0.05) is 32.6 Å². The molecule has 132 valence electrons. The van der Waals surface area contributed by atoms with Crippen molar-refractivity contribution in [3.63, 3.8) is 0 Å². The van der Waals surface area contributed by atoms with Gasteiger partial charge in [-0.25, -0.2) is 0 Å². The molecule has 5 heteroatoms. The van der Waals surface area contributed by atoms with Crippen LogP contribution in [-0.4, -0.2) is 42.4 Å². The van der Waals surface area contributed by atoms with E-state index in [1.165, 1.54) is 30.9 Å². The lowest BCUT2D eigenvalue weighted by molar-refractivity contribution is -0.123. The number of nitrogens with one attached hydrogen (secondary N) is 2. The number of hydrogen-bond donors (Lipinski definition) is 2. The summed E-state index contributed by atoms with van der Waals surface area (Å²) in [5.41, 5.74) is 2.59. The van der Waals surface area contributed by atoms with Gasteiger partial charge in [-0.1, -0.05) is 38.1 Å². The Labute approximate surface area is 144 Å². The molecule has 24 heavy (non-hydrogen) atoms. The highest BCUT2D eigenvalue weighted by Gasteiger charge is 2.30. The number of nitrogens with zero attached hydrogens (tertiary/aromatic N) is 1. The summed E-state index contributed by atoms with van der Waals surface area (Å²) < 4.78 is 0. The molecular formula is C19H29N3O2. The molecule has 1 aromatic rings. The number of amides is 2. The fourth-order valence-electron chi connectivity index (χ4n) is 2.68. The maximum absolute atomic E-state index is 12.1. The third-order valence-corrected chi connectivity index (χ3v) is 4.26. The maximum atomic E-state index is 12.1. The molecule has 1 aliphatic rings. The fourth-order valence-corrected chi connectivity index (χ4v) is 2.68. The Balaban J connectivity index is 1.81. The van der Waals surface area contributed by atoms with Crippen LogP contribution in [0.25, 0.3) is 0 Å². The second kappa shape index (κ2) is 8.83. The van der Waals surface area contributed by atoms with Crippen LogP contribution in [0.2, 0.25) is 0 Å². The zero-order valence-corrected chi connectivity index (χ0v) is 15.0. The first-order valence-electron chi connectivity index (χ1n) is 8.79. The second-order valence-corrected chi connectivity index (χ2v) is 6.87. The molecule has 0 bridgehead atoms. The van der Waals surface area contributed by atoms with E-state index < -0.39 is 0 Å². The summed E-state index contributed by atoms with van der Waals surface area (Å²) in [6.45, 7) is 8.02. The Morgan fingerprint density at radius 1 is 1.12 bits per heavy atom. The summed E-state index contributed by atoms with van der Waals surface area (Å²) in [7, 11) is 0. The van der Waals surface area contributed by atoms with Crippen LogP contribution in [0, 0.1) is 0 Å². The average Bonchev–Trinajstić information content (AvgIpc) is 3.36. The van der Waals surface area contributed by atoms with Gasteiger partial charge >= 0.3 is 0 Å². The minimum Gasteiger partial charge on any atom is -0.355 e. The Hall–Kier alpha value is -1.88. The third kappa shape index (κ3) is 6.32. The van der Waals surface area contributed by atoms with Crippen LogP contribution < -0.4 is 10.6 Å². The number of carbonyl (C=O) groups excluding carboxylic acids is 2. The standard InChI is InChI=1S/C19H29N3O2/c1-14(2)17-6-4-16(5-7-17)12-22(18-8-9-18)13-19(24)21-11-10-20-15(3)23/h4-7,14,18H,8-13H2,1-3H3,(H,20,23)(H,21,24). The average molecular weight is 331 g/mol. The van der Waals surface area contributed by atoms with Gasteiger partial charge < -0.3 is 10.6 Å². The van der Waals surface area contributed by atoms with Crippen molar-refractivity contribution in [1.82, 2.24) is 15.5 Å². The zero-order valence-electron chi connectivity index (χ0n) is 15.0. The van der Waals surface area contributed by atoms with E-state index in [4.69, 9.17) is 0 Å². The molecule has 2 N–H and O–H groups in total. The molecule has 0 unspecified atom stereocenters. The second-order valence-electron chi connectivity index (χ2n) is 6.87. The van der Waals surface area contributed by atoms with Crippen molar-refractivity contribution in [1.29, 1.82) is 0 Å². The van der Waals surface area contributed by atoms with E-state index in [-0.39, 0.29) is 11.8 Å². The first kappa shape index (κ1) is 18.5. The van der Waals surface area contributed by atoms with E-state index in [9.17, 15) is 9.59 Å². The smallest absolute Gasteiger partial charge is 0.234 e. The predicted molar refractivity (Wildman–Crippen MR) is 95.7 cm³/mol. The molecule has 0 heterocycles. The zero-order chi connectivity index (χ0) is 17.5. The number of carbonyl (C=O) groups is 2. The van der Waals surface area contributed by atoms with Gasteiger partial charge in [-0.3, -0.25) is 14.5 Å². The molecular weight excluding hydrogens is 302 g/mol.